The van der Waals surface area contributed by atoms with E-state index < -0.39 is 17.6 Å². The lowest BCUT2D eigenvalue weighted by Crippen LogP contribution is -1.97. The van der Waals surface area contributed by atoms with Gasteiger partial charge >= 0.3 is 5.97 Å². The lowest BCUT2D eigenvalue weighted by Gasteiger charge is -2.01. The largest absolute Gasteiger partial charge is 0.497 e. The van der Waals surface area contributed by atoms with E-state index in [0.717, 1.165) is 0 Å². The lowest BCUT2D eigenvalue weighted by molar-refractivity contribution is -0.134. The minimum Gasteiger partial charge on any atom is -0.497 e. The topological polar surface area (TPSA) is 46.5 Å². The molecule has 1 N–H and O–H groups in total. The molecule has 0 aliphatic rings. The molecule has 0 aromatic heterocycles. The fourth-order valence-electron chi connectivity index (χ4n) is 0.958. The number of carbonyl (C=O) groups is 1. The predicted molar refractivity (Wildman–Crippen MR) is 49.8 cm³/mol. The third kappa shape index (κ3) is 2.52. The first-order valence-corrected chi connectivity index (χ1v) is 3.99. The SMILES string of the molecule is COc1ccc(C(F)=C(F)C(=O)O)cc1. The average Bonchev–Trinajstić information content (AvgIpc) is 2.27. The Kier molecular flexibility index (Phi) is 3.38. The van der Waals surface area contributed by atoms with Gasteiger partial charge in [0.2, 0.25) is 5.83 Å². The molecule has 0 amide bonds. The van der Waals surface area contributed by atoms with Gasteiger partial charge in [-0.1, -0.05) is 0 Å². The number of hydrogen-bond donors (Lipinski definition) is 1. The summed E-state index contributed by atoms with van der Waals surface area (Å²) in [6.07, 6.45) is 0. The van der Waals surface area contributed by atoms with Gasteiger partial charge < -0.3 is 9.84 Å². The molecule has 0 aliphatic carbocycles. The highest BCUT2D eigenvalue weighted by Gasteiger charge is 2.15. The summed E-state index contributed by atoms with van der Waals surface area (Å²) < 4.78 is 30.6. The molecule has 0 radical (unpaired) electrons. The second-order valence-electron chi connectivity index (χ2n) is 2.66. The number of aliphatic carboxylic acids is 1. The number of halogens is 2. The zero-order chi connectivity index (χ0) is 11.4. The van der Waals surface area contributed by atoms with Crippen LogP contribution in [0.3, 0.4) is 0 Å². The van der Waals surface area contributed by atoms with Crippen molar-refractivity contribution < 1.29 is 23.4 Å². The number of benzene rings is 1. The van der Waals surface area contributed by atoms with Crippen molar-refractivity contribution in [3.8, 4) is 5.75 Å². The molecule has 15 heavy (non-hydrogen) atoms. The number of carboxylic acid groups (broad SMARTS) is 1. The maximum absolute atomic E-state index is 13.1. The fraction of sp³-hybridized carbons (Fsp3) is 0.100. The summed E-state index contributed by atoms with van der Waals surface area (Å²) in [6, 6.07) is 5.28. The molecule has 0 heterocycles. The molecule has 1 aromatic rings. The van der Waals surface area contributed by atoms with Crippen LogP contribution in [0, 0.1) is 0 Å². The highest BCUT2D eigenvalue weighted by molar-refractivity contribution is 5.92. The Morgan fingerprint density at radius 1 is 1.27 bits per heavy atom. The number of rotatable bonds is 3. The van der Waals surface area contributed by atoms with Crippen molar-refractivity contribution in [3.63, 3.8) is 0 Å². The molecule has 0 aliphatic heterocycles. The van der Waals surface area contributed by atoms with Gasteiger partial charge in [-0.2, -0.15) is 4.39 Å². The zero-order valence-corrected chi connectivity index (χ0v) is 7.83. The van der Waals surface area contributed by atoms with Crippen molar-refractivity contribution in [1.82, 2.24) is 0 Å². The summed E-state index contributed by atoms with van der Waals surface area (Å²) in [5, 5.41) is 8.22. The number of ether oxygens (including phenoxy) is 1. The Bertz CT molecular complexity index is 396. The Morgan fingerprint density at radius 3 is 2.20 bits per heavy atom. The maximum Gasteiger partial charge on any atom is 0.367 e. The van der Waals surface area contributed by atoms with Crippen LogP contribution in [0.1, 0.15) is 5.56 Å². The van der Waals surface area contributed by atoms with Crippen LogP contribution in [-0.2, 0) is 4.79 Å². The Morgan fingerprint density at radius 2 is 1.80 bits per heavy atom. The Balaban J connectivity index is 3.07. The van der Waals surface area contributed by atoms with Crippen molar-refractivity contribution >= 4 is 11.8 Å². The van der Waals surface area contributed by atoms with E-state index in [1.165, 1.54) is 31.4 Å². The van der Waals surface area contributed by atoms with Crippen LogP contribution in [0.2, 0.25) is 0 Å². The average molecular weight is 214 g/mol. The van der Waals surface area contributed by atoms with Crippen LogP contribution in [-0.4, -0.2) is 18.2 Å². The second kappa shape index (κ2) is 4.54. The first-order valence-electron chi connectivity index (χ1n) is 3.99. The molecule has 0 saturated carbocycles. The third-order valence-electron chi connectivity index (χ3n) is 1.72. The van der Waals surface area contributed by atoms with Crippen molar-refractivity contribution in [2.75, 3.05) is 7.11 Å². The normalized spacial score (nSPS) is 11.9. The summed E-state index contributed by atoms with van der Waals surface area (Å²) in [5.41, 5.74) is -0.143. The molecule has 0 unspecified atom stereocenters. The van der Waals surface area contributed by atoms with Crippen LogP contribution in [0.25, 0.3) is 5.83 Å². The summed E-state index contributed by atoms with van der Waals surface area (Å²) in [5.74, 6) is -4.66. The first kappa shape index (κ1) is 11.2. The van der Waals surface area contributed by atoms with E-state index in [1.54, 1.807) is 0 Å². The van der Waals surface area contributed by atoms with E-state index in [0.29, 0.717) is 5.75 Å². The molecular weight excluding hydrogens is 206 g/mol. The highest BCUT2D eigenvalue weighted by atomic mass is 19.2. The number of carboxylic acids is 1. The molecule has 0 fully saturated rings. The van der Waals surface area contributed by atoms with Gasteiger partial charge in [-0.25, -0.2) is 9.18 Å². The standard InChI is InChI=1S/C10H8F2O3/c1-15-7-4-2-6(3-5-7)8(11)9(12)10(13)14/h2-5H,1H3,(H,13,14). The van der Waals surface area contributed by atoms with Gasteiger partial charge in [0.15, 0.2) is 5.83 Å². The summed E-state index contributed by atoms with van der Waals surface area (Å²) >= 11 is 0. The smallest absolute Gasteiger partial charge is 0.367 e. The van der Waals surface area contributed by atoms with Gasteiger partial charge in [0.25, 0.3) is 0 Å². The van der Waals surface area contributed by atoms with E-state index >= 15 is 0 Å². The fourth-order valence-corrected chi connectivity index (χ4v) is 0.958. The summed E-state index contributed by atoms with van der Waals surface area (Å²) in [6.45, 7) is 0. The number of methoxy groups -OCH3 is 1. The van der Waals surface area contributed by atoms with Crippen LogP contribution in [0.15, 0.2) is 30.1 Å². The molecule has 1 aromatic carbocycles. The monoisotopic (exact) mass is 214 g/mol. The van der Waals surface area contributed by atoms with Gasteiger partial charge in [-0.05, 0) is 24.3 Å². The summed E-state index contributed by atoms with van der Waals surface area (Å²) in [4.78, 5) is 10.1. The molecule has 0 saturated heterocycles. The van der Waals surface area contributed by atoms with Crippen molar-refractivity contribution in [3.05, 3.63) is 35.7 Å². The second-order valence-corrected chi connectivity index (χ2v) is 2.66. The summed E-state index contributed by atoms with van der Waals surface area (Å²) in [7, 11) is 1.43. The van der Waals surface area contributed by atoms with E-state index in [1.807, 2.05) is 0 Å². The quantitative estimate of drug-likeness (QED) is 0.786. The van der Waals surface area contributed by atoms with Gasteiger partial charge in [-0.15, -0.1) is 0 Å². The van der Waals surface area contributed by atoms with Crippen LogP contribution in [0.4, 0.5) is 8.78 Å². The van der Waals surface area contributed by atoms with Crippen LogP contribution in [0.5, 0.6) is 5.75 Å². The number of hydrogen-bond acceptors (Lipinski definition) is 2. The third-order valence-corrected chi connectivity index (χ3v) is 1.72. The lowest BCUT2D eigenvalue weighted by atomic mass is 10.2. The Hall–Kier alpha value is -1.91. The molecule has 0 bridgehead atoms. The van der Waals surface area contributed by atoms with E-state index in [4.69, 9.17) is 9.84 Å². The molecule has 0 atom stereocenters. The van der Waals surface area contributed by atoms with Gasteiger partial charge in [0.05, 0.1) is 7.11 Å². The molecular formula is C10H8F2O3. The maximum atomic E-state index is 13.1. The highest BCUT2D eigenvalue weighted by Crippen LogP contribution is 2.23. The molecule has 0 spiro atoms. The van der Waals surface area contributed by atoms with Crippen LogP contribution >= 0.6 is 0 Å². The predicted octanol–water partition coefficient (Wildman–Crippen LogP) is 2.39. The van der Waals surface area contributed by atoms with E-state index in [2.05, 4.69) is 0 Å². The minimum atomic E-state index is -1.93. The van der Waals surface area contributed by atoms with Gasteiger partial charge in [0, 0.05) is 5.56 Å². The van der Waals surface area contributed by atoms with Gasteiger partial charge in [0.1, 0.15) is 5.75 Å². The van der Waals surface area contributed by atoms with Crippen molar-refractivity contribution in [2.45, 2.75) is 0 Å². The zero-order valence-electron chi connectivity index (χ0n) is 7.83. The van der Waals surface area contributed by atoms with Crippen molar-refractivity contribution in [1.29, 1.82) is 0 Å². The van der Waals surface area contributed by atoms with E-state index in [9.17, 15) is 13.6 Å². The molecule has 5 heteroatoms. The van der Waals surface area contributed by atoms with E-state index in [-0.39, 0.29) is 5.56 Å². The molecule has 1 rings (SSSR count). The Labute approximate surface area is 84.6 Å². The first-order chi connectivity index (χ1) is 7.06. The van der Waals surface area contributed by atoms with Crippen LogP contribution < -0.4 is 4.74 Å². The minimum absolute atomic E-state index is 0.143. The van der Waals surface area contributed by atoms with Crippen molar-refractivity contribution in [2.24, 2.45) is 0 Å². The molecule has 3 nitrogen and oxygen atoms in total. The molecule has 80 valence electrons. The van der Waals surface area contributed by atoms with Gasteiger partial charge in [-0.3, -0.25) is 0 Å².